The molecule has 5 atom stereocenters. The molecule has 0 fully saturated rings. The summed E-state index contributed by atoms with van der Waals surface area (Å²) < 4.78 is 0. The highest BCUT2D eigenvalue weighted by atomic mass is 16.1. The maximum Gasteiger partial charge on any atom is 0.172 e. The fraction of sp³-hybridized carbons (Fsp3) is 0.441. The number of aromatic amines is 2. The second-order valence-corrected chi connectivity index (χ2v) is 11.9. The minimum atomic E-state index is -0.199. The van der Waals surface area contributed by atoms with Gasteiger partial charge >= 0.3 is 0 Å². The van der Waals surface area contributed by atoms with Crippen LogP contribution in [0.5, 0.6) is 0 Å². The van der Waals surface area contributed by atoms with Crippen LogP contribution in [0.4, 0.5) is 0 Å². The number of aromatic nitrogens is 4. The van der Waals surface area contributed by atoms with Crippen LogP contribution in [0, 0.1) is 13.8 Å². The quantitative estimate of drug-likeness (QED) is 0.361. The normalized spacial score (nSPS) is 24.0. The third-order valence-electron chi connectivity index (χ3n) is 9.77. The molecule has 0 saturated carbocycles. The molecule has 39 heavy (non-hydrogen) atoms. The topological polar surface area (TPSA) is 74.4 Å². The van der Waals surface area contributed by atoms with Crippen molar-refractivity contribution in [3.63, 3.8) is 0 Å². The summed E-state index contributed by atoms with van der Waals surface area (Å²) in [6, 6.07) is 6.62. The minimum Gasteiger partial charge on any atom is -0.355 e. The van der Waals surface area contributed by atoms with Crippen molar-refractivity contribution in [1.29, 1.82) is 0 Å². The van der Waals surface area contributed by atoms with Crippen molar-refractivity contribution in [2.24, 2.45) is 0 Å². The van der Waals surface area contributed by atoms with Gasteiger partial charge in [-0.15, -0.1) is 0 Å². The van der Waals surface area contributed by atoms with E-state index in [0.29, 0.717) is 11.8 Å². The number of carbonyl (C=O) groups excluding carboxylic acids is 1. The number of aryl methyl sites for hydroxylation is 2. The summed E-state index contributed by atoms with van der Waals surface area (Å²) in [5, 5.41) is 0. The molecule has 0 saturated heterocycles. The monoisotopic (exact) mass is 520 g/mol. The number of hydrogen-bond acceptors (Lipinski definition) is 3. The molecule has 5 unspecified atom stereocenters. The molecule has 0 amide bonds. The molecule has 2 aliphatic heterocycles. The van der Waals surface area contributed by atoms with E-state index in [1.807, 2.05) is 6.08 Å². The van der Waals surface area contributed by atoms with E-state index in [1.165, 1.54) is 5.56 Å². The molecule has 0 aromatic carbocycles. The minimum absolute atomic E-state index is 0.199. The molecule has 5 nitrogen and oxygen atoms in total. The van der Waals surface area contributed by atoms with Crippen molar-refractivity contribution in [3.05, 3.63) is 75.4 Å². The molecule has 5 heteroatoms. The predicted molar refractivity (Wildman–Crippen MR) is 161 cm³/mol. The Balaban J connectivity index is 1.81. The van der Waals surface area contributed by atoms with Gasteiger partial charge in [0.2, 0.25) is 0 Å². The van der Waals surface area contributed by atoms with Gasteiger partial charge in [0.25, 0.3) is 0 Å². The van der Waals surface area contributed by atoms with Gasteiger partial charge in [-0.2, -0.15) is 0 Å². The molecule has 0 spiro atoms. The Morgan fingerprint density at radius 2 is 1.51 bits per heavy atom. The number of H-pyrrole nitrogens is 2. The summed E-state index contributed by atoms with van der Waals surface area (Å²) in [6.45, 7) is 19.4. The van der Waals surface area contributed by atoms with Crippen LogP contribution in [0.25, 0.3) is 28.1 Å². The molecule has 8 bridgehead atoms. The van der Waals surface area contributed by atoms with Gasteiger partial charge in [0.15, 0.2) is 5.78 Å². The number of nitrogens with one attached hydrogen (secondary N) is 2. The lowest BCUT2D eigenvalue weighted by Crippen LogP contribution is -2.08. The zero-order valence-corrected chi connectivity index (χ0v) is 24.3. The van der Waals surface area contributed by atoms with Crippen LogP contribution in [0.2, 0.25) is 0 Å². The van der Waals surface area contributed by atoms with E-state index in [2.05, 4.69) is 83.2 Å². The largest absolute Gasteiger partial charge is 0.355 e. The van der Waals surface area contributed by atoms with Crippen LogP contribution < -0.4 is 0 Å². The van der Waals surface area contributed by atoms with Crippen molar-refractivity contribution >= 4 is 33.9 Å². The lowest BCUT2D eigenvalue weighted by Gasteiger charge is -2.17. The maximum atomic E-state index is 13.7. The first-order valence-corrected chi connectivity index (χ1v) is 14.6. The second kappa shape index (κ2) is 9.32. The SMILES string of the molecule is C=Cc1c(C)c2cc3nc(c4c5[nH]c(cc6nc(cc1[nH]2)C(C)C6CC)c(C)c5C(=O)C4C)C(CCC)C3C. The zero-order valence-electron chi connectivity index (χ0n) is 24.3. The van der Waals surface area contributed by atoms with E-state index in [9.17, 15) is 4.79 Å². The summed E-state index contributed by atoms with van der Waals surface area (Å²) in [6.07, 6.45) is 5.06. The molecule has 3 aliphatic rings. The Kier molecular flexibility index (Phi) is 6.16. The molecule has 1 aliphatic carbocycles. The number of hydrogen-bond donors (Lipinski definition) is 2. The molecular formula is C34H40N4O. The van der Waals surface area contributed by atoms with Crippen LogP contribution in [0.15, 0.2) is 24.8 Å². The average Bonchev–Trinajstić information content (AvgIpc) is 3.63. The highest BCUT2D eigenvalue weighted by Crippen LogP contribution is 2.47. The van der Waals surface area contributed by atoms with Crippen molar-refractivity contribution in [1.82, 2.24) is 19.9 Å². The average molecular weight is 521 g/mol. The van der Waals surface area contributed by atoms with E-state index in [1.54, 1.807) is 0 Å². The Hall–Kier alpha value is -3.47. The fourth-order valence-corrected chi connectivity index (χ4v) is 7.35. The van der Waals surface area contributed by atoms with Gasteiger partial charge in [-0.25, -0.2) is 0 Å². The van der Waals surface area contributed by atoms with Crippen molar-refractivity contribution < 1.29 is 4.79 Å². The molecular weight excluding hydrogens is 480 g/mol. The molecule has 3 aromatic rings. The first-order valence-electron chi connectivity index (χ1n) is 14.6. The van der Waals surface area contributed by atoms with E-state index < -0.39 is 0 Å². The van der Waals surface area contributed by atoms with E-state index >= 15 is 0 Å². The molecule has 2 N–H and O–H groups in total. The van der Waals surface area contributed by atoms with E-state index in [-0.39, 0.29) is 23.5 Å². The summed E-state index contributed by atoms with van der Waals surface area (Å²) in [5.41, 5.74) is 13.6. The van der Waals surface area contributed by atoms with Crippen LogP contribution in [0.1, 0.15) is 139 Å². The Morgan fingerprint density at radius 3 is 2.21 bits per heavy atom. The van der Waals surface area contributed by atoms with Gasteiger partial charge in [0.1, 0.15) is 0 Å². The number of Topliss-reactive ketones (excluding diaryl/α,β-unsaturated/α-hetero) is 1. The summed E-state index contributed by atoms with van der Waals surface area (Å²) in [7, 11) is 0. The molecule has 0 radical (unpaired) electrons. The number of fused-ring (bicyclic) bond motifs is 8. The van der Waals surface area contributed by atoms with E-state index in [4.69, 9.17) is 9.97 Å². The fourth-order valence-electron chi connectivity index (χ4n) is 7.35. The molecule has 202 valence electrons. The molecule has 6 rings (SSSR count). The van der Waals surface area contributed by atoms with Crippen LogP contribution in [-0.4, -0.2) is 25.7 Å². The number of carbonyl (C=O) groups is 1. The smallest absolute Gasteiger partial charge is 0.172 e. The molecule has 5 heterocycles. The van der Waals surface area contributed by atoms with Crippen LogP contribution in [0.3, 0.4) is 0 Å². The van der Waals surface area contributed by atoms with Crippen LogP contribution >= 0.6 is 0 Å². The zero-order chi connectivity index (χ0) is 27.7. The van der Waals surface area contributed by atoms with Gasteiger partial charge in [-0.3, -0.25) is 14.8 Å². The molecule has 3 aromatic heterocycles. The summed E-state index contributed by atoms with van der Waals surface area (Å²) in [4.78, 5) is 31.6. The summed E-state index contributed by atoms with van der Waals surface area (Å²) >= 11 is 0. The number of rotatable bonds is 4. The highest BCUT2D eigenvalue weighted by Gasteiger charge is 2.39. The summed E-state index contributed by atoms with van der Waals surface area (Å²) in [5.74, 6) is 1.17. The van der Waals surface area contributed by atoms with Crippen LogP contribution in [-0.2, 0) is 0 Å². The lowest BCUT2D eigenvalue weighted by atomic mass is 9.84. The Morgan fingerprint density at radius 1 is 0.872 bits per heavy atom. The third kappa shape index (κ3) is 3.69. The third-order valence-corrected chi connectivity index (χ3v) is 9.77. The first kappa shape index (κ1) is 25.8. The van der Waals surface area contributed by atoms with Gasteiger partial charge in [-0.1, -0.05) is 53.7 Å². The highest BCUT2D eigenvalue weighted by molar-refractivity contribution is 6.15. The second-order valence-electron chi connectivity index (χ2n) is 11.9. The van der Waals surface area contributed by atoms with Crippen molar-refractivity contribution in [2.75, 3.05) is 0 Å². The van der Waals surface area contributed by atoms with E-state index in [0.717, 1.165) is 86.4 Å². The number of nitrogens with zero attached hydrogens (tertiary/aromatic N) is 2. The Bertz CT molecular complexity index is 1690. The van der Waals surface area contributed by atoms with Crippen molar-refractivity contribution in [2.45, 2.75) is 97.3 Å². The maximum absolute atomic E-state index is 13.7. The van der Waals surface area contributed by atoms with Crippen molar-refractivity contribution in [3.8, 4) is 0 Å². The predicted octanol–water partition coefficient (Wildman–Crippen LogP) is 8.86. The standard InChI is InChI=1S/C34H40N4O/c1-9-12-23-18(6)26-13-24-16(4)21(10-2)28(35-24)14-25-17(5)22(11-3)29(36-25)15-27-19(7)31-33(38-27)30(32(23)37-26)20(8)34(31)39/h10,13-15,17-18,20,22-23,35,38H,2,9,11-12H2,1,3-8H3. The van der Waals surface area contributed by atoms with Gasteiger partial charge in [0.05, 0.1) is 11.2 Å². The van der Waals surface area contributed by atoms with Gasteiger partial charge in [-0.05, 0) is 56.0 Å². The van der Waals surface area contributed by atoms with Gasteiger partial charge in [0, 0.05) is 79.9 Å². The lowest BCUT2D eigenvalue weighted by molar-refractivity contribution is 0.0973. The number of ketones is 1. The van der Waals surface area contributed by atoms with Gasteiger partial charge < -0.3 is 9.97 Å². The Labute approximate surface area is 231 Å². The first-order chi connectivity index (χ1) is 18.7.